The summed E-state index contributed by atoms with van der Waals surface area (Å²) in [6.07, 6.45) is 3.08. The van der Waals surface area contributed by atoms with E-state index in [4.69, 9.17) is 20.2 Å². The van der Waals surface area contributed by atoms with Crippen LogP contribution in [-0.4, -0.2) is 88.2 Å². The molecule has 2 aliphatic rings. The number of halogens is 1. The van der Waals surface area contributed by atoms with E-state index < -0.39 is 17.8 Å². The minimum atomic E-state index is -0.414. The van der Waals surface area contributed by atoms with Crippen LogP contribution in [0.15, 0.2) is 24.5 Å². The van der Waals surface area contributed by atoms with Gasteiger partial charge >= 0.3 is 6.01 Å². The average molecular weight is 522 g/mol. The lowest BCUT2D eigenvalue weighted by Gasteiger charge is -2.30. The maximum atomic E-state index is 14.6. The van der Waals surface area contributed by atoms with Crippen LogP contribution in [0.5, 0.6) is 11.8 Å². The second kappa shape index (κ2) is 9.65. The topological polar surface area (TPSA) is 147 Å². The van der Waals surface area contributed by atoms with Gasteiger partial charge in [0.05, 0.1) is 48.1 Å². The van der Waals surface area contributed by atoms with Gasteiger partial charge < -0.3 is 35.3 Å². The first-order valence-electron chi connectivity index (χ1n) is 12.5. The number of H-pyrrole nitrogens is 1. The summed E-state index contributed by atoms with van der Waals surface area (Å²) in [6.45, 7) is 4.65. The predicted molar refractivity (Wildman–Crippen MR) is 139 cm³/mol. The van der Waals surface area contributed by atoms with Crippen molar-refractivity contribution in [1.82, 2.24) is 29.8 Å². The molecule has 4 N–H and O–H groups in total. The highest BCUT2D eigenvalue weighted by molar-refractivity contribution is 6.14. The molecule has 0 bridgehead atoms. The summed E-state index contributed by atoms with van der Waals surface area (Å²) in [4.78, 5) is 38.0. The van der Waals surface area contributed by atoms with E-state index in [1.165, 1.54) is 24.5 Å². The molecule has 0 aliphatic carbocycles. The zero-order chi connectivity index (χ0) is 26.4. The van der Waals surface area contributed by atoms with Crippen LogP contribution in [0.1, 0.15) is 5.82 Å². The van der Waals surface area contributed by atoms with Gasteiger partial charge in [-0.2, -0.15) is 9.97 Å². The normalized spacial score (nSPS) is 19.9. The van der Waals surface area contributed by atoms with E-state index in [9.17, 15) is 9.18 Å². The molecule has 1 amide bonds. The van der Waals surface area contributed by atoms with Crippen molar-refractivity contribution in [1.29, 1.82) is 0 Å². The van der Waals surface area contributed by atoms with Crippen molar-refractivity contribution < 1.29 is 18.7 Å². The number of nitrogens with zero attached hydrogens (tertiary/aromatic N) is 6. The van der Waals surface area contributed by atoms with Gasteiger partial charge in [0.2, 0.25) is 5.91 Å². The Hall–Kier alpha value is -4.10. The number of hydrogen-bond acceptors (Lipinski definition) is 10. The fraction of sp³-hybridized carbons (Fsp3) is 0.400. The van der Waals surface area contributed by atoms with Gasteiger partial charge in [0.1, 0.15) is 23.1 Å². The first kappa shape index (κ1) is 24.2. The molecule has 2 atom stereocenters. The molecule has 12 nitrogen and oxygen atoms in total. The molecule has 6 rings (SSSR count). The van der Waals surface area contributed by atoms with E-state index in [1.54, 1.807) is 18.9 Å². The molecule has 0 radical (unpaired) electrons. The van der Waals surface area contributed by atoms with Gasteiger partial charge in [-0.05, 0) is 19.1 Å². The lowest BCUT2D eigenvalue weighted by molar-refractivity contribution is -0.139. The minimum absolute atomic E-state index is 0.00400. The third-order valence-corrected chi connectivity index (χ3v) is 7.03. The molecule has 4 aromatic rings. The number of nitrogens with two attached hydrogens (primary N) is 1. The van der Waals surface area contributed by atoms with Crippen LogP contribution in [0.3, 0.4) is 0 Å². The number of ether oxygens (including phenoxy) is 2. The van der Waals surface area contributed by atoms with Crippen LogP contribution in [0.4, 0.5) is 15.9 Å². The fourth-order valence-corrected chi connectivity index (χ4v) is 5.12. The van der Waals surface area contributed by atoms with Gasteiger partial charge in [0.25, 0.3) is 0 Å². The van der Waals surface area contributed by atoms with E-state index >= 15 is 0 Å². The number of aryl methyl sites for hydroxylation is 1. The summed E-state index contributed by atoms with van der Waals surface area (Å²) in [5.41, 5.74) is 8.23. The Morgan fingerprint density at radius 1 is 1.21 bits per heavy atom. The van der Waals surface area contributed by atoms with Gasteiger partial charge in [-0.1, -0.05) is 0 Å². The van der Waals surface area contributed by atoms with Crippen molar-refractivity contribution in [2.45, 2.75) is 13.0 Å². The molecule has 0 spiro atoms. The Morgan fingerprint density at radius 2 is 1.97 bits per heavy atom. The Balaban J connectivity index is 1.44. The van der Waals surface area contributed by atoms with Crippen LogP contribution in [-0.2, 0) is 9.53 Å². The van der Waals surface area contributed by atoms with Gasteiger partial charge in [0.15, 0.2) is 5.75 Å². The number of rotatable bonds is 5. The van der Waals surface area contributed by atoms with Crippen LogP contribution in [0, 0.1) is 18.7 Å². The molecule has 198 valence electrons. The summed E-state index contributed by atoms with van der Waals surface area (Å²) in [6, 6.07) is 2.52. The molecule has 2 unspecified atom stereocenters. The van der Waals surface area contributed by atoms with Crippen molar-refractivity contribution in [3.63, 3.8) is 0 Å². The van der Waals surface area contributed by atoms with Crippen molar-refractivity contribution in [2.24, 2.45) is 11.7 Å². The zero-order valence-corrected chi connectivity index (χ0v) is 21.1. The second-order valence-corrected chi connectivity index (χ2v) is 9.49. The number of benzene rings is 1. The maximum Gasteiger partial charge on any atom is 0.326 e. The van der Waals surface area contributed by atoms with Gasteiger partial charge in [-0.25, -0.2) is 14.4 Å². The number of amides is 1. The van der Waals surface area contributed by atoms with Gasteiger partial charge in [-0.3, -0.25) is 4.79 Å². The molecule has 2 fully saturated rings. The first-order valence-corrected chi connectivity index (χ1v) is 12.5. The third kappa shape index (κ3) is 4.33. The Labute approximate surface area is 217 Å². The molecule has 5 heterocycles. The monoisotopic (exact) mass is 521 g/mol. The summed E-state index contributed by atoms with van der Waals surface area (Å²) in [5, 5.41) is 4.26. The zero-order valence-electron chi connectivity index (χ0n) is 21.1. The number of aromatic amines is 1. The van der Waals surface area contributed by atoms with Gasteiger partial charge in [0, 0.05) is 44.7 Å². The maximum absolute atomic E-state index is 14.6. The molecule has 2 aliphatic heterocycles. The number of anilines is 2. The summed E-state index contributed by atoms with van der Waals surface area (Å²) in [5.74, 6) is 0.673. The molecule has 2 saturated heterocycles. The quantitative estimate of drug-likeness (QED) is 0.355. The number of carbonyl (C=O) groups is 1. The second-order valence-electron chi connectivity index (χ2n) is 9.49. The number of nitrogens with one attached hydrogen (secondary N) is 2. The number of morpholine rings is 1. The van der Waals surface area contributed by atoms with Crippen molar-refractivity contribution in [2.75, 3.05) is 56.7 Å². The molecular weight excluding hydrogens is 493 g/mol. The highest BCUT2D eigenvalue weighted by Crippen LogP contribution is 2.38. The Morgan fingerprint density at radius 3 is 2.71 bits per heavy atom. The number of carbonyl (C=O) groups excluding carboxylic acids is 1. The molecular formula is C25H28FN9O3. The smallest absolute Gasteiger partial charge is 0.326 e. The van der Waals surface area contributed by atoms with E-state index in [-0.39, 0.29) is 11.9 Å². The lowest BCUT2D eigenvalue weighted by atomic mass is 10.0. The number of hydrogen-bond donors (Lipinski definition) is 3. The Kier molecular flexibility index (Phi) is 6.16. The average Bonchev–Trinajstić information content (AvgIpc) is 3.49. The van der Waals surface area contributed by atoms with Crippen LogP contribution < -0.4 is 20.7 Å². The highest BCUT2D eigenvalue weighted by atomic mass is 19.1. The summed E-state index contributed by atoms with van der Waals surface area (Å²) >= 11 is 0. The lowest BCUT2D eigenvalue weighted by Crippen LogP contribution is -2.48. The Bertz CT molecular complexity index is 1500. The summed E-state index contributed by atoms with van der Waals surface area (Å²) in [7, 11) is 1.72. The molecule has 0 saturated carbocycles. The van der Waals surface area contributed by atoms with E-state index in [1.807, 2.05) is 4.90 Å². The highest BCUT2D eigenvalue weighted by Gasteiger charge is 2.39. The van der Waals surface area contributed by atoms with E-state index in [0.717, 1.165) is 0 Å². The fourth-order valence-electron chi connectivity index (χ4n) is 5.12. The molecule has 38 heavy (non-hydrogen) atoms. The standard InChI is InChI=1S/C25H28FN9O3/c1-13-29-9-15(10-30-13)38-25-32-22-20(16-7-14(26)8-19(28-2)21(16)31-22)23(33-25)35-11-17(18(27)12-35)24(36)34-3-5-37-6-4-34/h7-10,17-18,28H,3-6,11-12,27H2,1-2H3,(H,31,32,33). The van der Waals surface area contributed by atoms with Gasteiger partial charge in [-0.15, -0.1) is 0 Å². The predicted octanol–water partition coefficient (Wildman–Crippen LogP) is 1.80. The SMILES string of the molecule is CNc1cc(F)cc2c1[nH]c1nc(Oc3cnc(C)nc3)nc(N3CC(N)C(C(=O)N4CCOCC4)C3)c12. The first-order chi connectivity index (χ1) is 18.4. The summed E-state index contributed by atoms with van der Waals surface area (Å²) < 4.78 is 25.9. The van der Waals surface area contributed by atoms with Crippen molar-refractivity contribution in [3.8, 4) is 11.8 Å². The van der Waals surface area contributed by atoms with Crippen LogP contribution >= 0.6 is 0 Å². The van der Waals surface area contributed by atoms with Crippen LogP contribution in [0.2, 0.25) is 0 Å². The van der Waals surface area contributed by atoms with Crippen molar-refractivity contribution in [3.05, 3.63) is 36.2 Å². The number of aromatic nitrogens is 5. The number of fused-ring (bicyclic) bond motifs is 3. The molecule has 1 aromatic carbocycles. The third-order valence-electron chi connectivity index (χ3n) is 7.03. The largest absolute Gasteiger partial charge is 0.421 e. The van der Waals surface area contributed by atoms with E-state index in [0.29, 0.717) is 84.4 Å². The molecule has 13 heteroatoms. The van der Waals surface area contributed by atoms with Crippen LogP contribution in [0.25, 0.3) is 21.9 Å². The van der Waals surface area contributed by atoms with Crippen molar-refractivity contribution >= 4 is 39.3 Å². The van der Waals surface area contributed by atoms with E-state index in [2.05, 4.69) is 25.3 Å². The minimum Gasteiger partial charge on any atom is -0.421 e. The molecule has 3 aromatic heterocycles.